The van der Waals surface area contributed by atoms with Crippen LogP contribution in [-0.4, -0.2) is 31.8 Å². The van der Waals surface area contributed by atoms with E-state index in [4.69, 9.17) is 23.2 Å². The number of amides is 1. The zero-order valence-corrected chi connectivity index (χ0v) is 20.7. The first-order valence-electron chi connectivity index (χ1n) is 10.3. The Hall–Kier alpha value is -2.40. The number of carbonyl (C=O) groups excluding carboxylic acids is 2. The molecule has 1 aliphatic carbocycles. The minimum Gasteiger partial charge on any atom is -0.294 e. The Morgan fingerprint density at radius 2 is 1.60 bits per heavy atom. The number of ketones is 1. The van der Waals surface area contributed by atoms with Crippen molar-refractivity contribution in [3.8, 4) is 0 Å². The average Bonchev–Trinajstić information content (AvgIpc) is 2.95. The summed E-state index contributed by atoms with van der Waals surface area (Å²) < 4.78 is 72.4. The lowest BCUT2D eigenvalue weighted by molar-refractivity contribution is -0.184. The molecule has 0 radical (unpaired) electrons. The minimum atomic E-state index is -5.49. The van der Waals surface area contributed by atoms with Crippen LogP contribution in [0.4, 0.5) is 18.9 Å². The Bertz CT molecular complexity index is 1370. The van der Waals surface area contributed by atoms with E-state index >= 15 is 0 Å². The Morgan fingerprint density at radius 1 is 0.971 bits per heavy atom. The normalized spacial score (nSPS) is 22.5. The maximum Gasteiger partial charge on any atom is 0.421 e. The van der Waals surface area contributed by atoms with Crippen LogP contribution in [0.1, 0.15) is 26.7 Å². The molecule has 2 aromatic rings. The second-order valence-corrected chi connectivity index (χ2v) is 11.7. The molecule has 1 aliphatic heterocycles. The van der Waals surface area contributed by atoms with Crippen LogP contribution in [0.25, 0.3) is 0 Å². The standard InChI is InChI=1S/C23H19Cl2F3N2O4S/c1-21(2)11-17-19(18(31)12-21)22(23(26,27)28,20(32)30(17)15-5-3-4-14(25)10-15)29-35(33,34)16-8-6-13(24)7-9-16/h3-10,29H,11-12H2,1-2H3. The summed E-state index contributed by atoms with van der Waals surface area (Å²) in [6.07, 6.45) is -5.87. The lowest BCUT2D eigenvalue weighted by Crippen LogP contribution is -2.66. The summed E-state index contributed by atoms with van der Waals surface area (Å²) in [5.74, 6) is -2.62. The molecule has 0 saturated carbocycles. The number of Topliss-reactive ketones (excluding diaryl/α,β-unsaturated/α-hetero) is 1. The summed E-state index contributed by atoms with van der Waals surface area (Å²) in [6, 6.07) is 9.92. The van der Waals surface area contributed by atoms with E-state index in [0.717, 1.165) is 17.0 Å². The Morgan fingerprint density at radius 3 is 2.17 bits per heavy atom. The van der Waals surface area contributed by atoms with Crippen molar-refractivity contribution in [1.82, 2.24) is 4.72 Å². The number of anilines is 1. The van der Waals surface area contributed by atoms with Crippen LogP contribution in [-0.2, 0) is 19.6 Å². The quantitative estimate of drug-likeness (QED) is 0.566. The maximum absolute atomic E-state index is 14.9. The van der Waals surface area contributed by atoms with Crippen LogP contribution in [0.3, 0.4) is 0 Å². The average molecular weight is 547 g/mol. The van der Waals surface area contributed by atoms with Crippen molar-refractivity contribution in [3.05, 3.63) is 69.8 Å². The fourth-order valence-electron chi connectivity index (χ4n) is 4.48. The molecule has 186 valence electrons. The van der Waals surface area contributed by atoms with Crippen molar-refractivity contribution in [1.29, 1.82) is 0 Å². The van der Waals surface area contributed by atoms with E-state index in [9.17, 15) is 31.2 Å². The van der Waals surface area contributed by atoms with Crippen LogP contribution in [0.2, 0.25) is 10.0 Å². The molecule has 1 atom stereocenters. The number of nitrogens with one attached hydrogen (secondary N) is 1. The van der Waals surface area contributed by atoms with Crippen molar-refractivity contribution in [3.63, 3.8) is 0 Å². The zero-order chi connectivity index (χ0) is 26.0. The molecule has 0 aromatic heterocycles. The van der Waals surface area contributed by atoms with Gasteiger partial charge in [0.1, 0.15) is 0 Å². The van der Waals surface area contributed by atoms with Gasteiger partial charge in [0.25, 0.3) is 5.91 Å². The summed E-state index contributed by atoms with van der Waals surface area (Å²) in [4.78, 5) is 27.1. The van der Waals surface area contributed by atoms with Crippen LogP contribution in [0.5, 0.6) is 0 Å². The van der Waals surface area contributed by atoms with E-state index in [-0.39, 0.29) is 34.3 Å². The number of carbonyl (C=O) groups is 2. The molecular weight excluding hydrogens is 528 g/mol. The van der Waals surface area contributed by atoms with Gasteiger partial charge in [0.15, 0.2) is 5.78 Å². The van der Waals surface area contributed by atoms with E-state index in [0.29, 0.717) is 0 Å². The highest BCUT2D eigenvalue weighted by Crippen LogP contribution is 2.53. The highest BCUT2D eigenvalue weighted by atomic mass is 35.5. The third-order valence-electron chi connectivity index (χ3n) is 5.92. The van der Waals surface area contributed by atoms with Crippen LogP contribution >= 0.6 is 23.2 Å². The lowest BCUT2D eigenvalue weighted by atomic mass is 9.72. The van der Waals surface area contributed by atoms with Crippen molar-refractivity contribution in [2.75, 3.05) is 4.90 Å². The van der Waals surface area contributed by atoms with Gasteiger partial charge in [-0.15, -0.1) is 0 Å². The van der Waals surface area contributed by atoms with E-state index in [1.54, 1.807) is 18.6 Å². The number of halogens is 5. The van der Waals surface area contributed by atoms with Gasteiger partial charge in [-0.25, -0.2) is 8.42 Å². The molecule has 6 nitrogen and oxygen atoms in total. The van der Waals surface area contributed by atoms with Crippen molar-refractivity contribution in [2.45, 2.75) is 43.3 Å². The first kappa shape index (κ1) is 25.7. The highest BCUT2D eigenvalue weighted by Gasteiger charge is 2.72. The molecule has 0 saturated heterocycles. The van der Waals surface area contributed by atoms with Gasteiger partial charge in [-0.2, -0.15) is 17.9 Å². The third-order valence-corrected chi connectivity index (χ3v) is 7.88. The van der Waals surface area contributed by atoms with E-state index < -0.39 is 49.3 Å². The van der Waals surface area contributed by atoms with Gasteiger partial charge >= 0.3 is 6.18 Å². The van der Waals surface area contributed by atoms with Gasteiger partial charge in [-0.3, -0.25) is 14.5 Å². The number of benzene rings is 2. The molecule has 35 heavy (non-hydrogen) atoms. The fourth-order valence-corrected chi connectivity index (χ4v) is 6.11. The van der Waals surface area contributed by atoms with Gasteiger partial charge < -0.3 is 0 Å². The molecule has 1 heterocycles. The van der Waals surface area contributed by atoms with E-state index in [2.05, 4.69) is 0 Å². The van der Waals surface area contributed by atoms with Crippen LogP contribution < -0.4 is 9.62 Å². The Kier molecular flexibility index (Phi) is 6.11. The molecule has 1 N–H and O–H groups in total. The molecule has 0 spiro atoms. The fraction of sp³-hybridized carbons (Fsp3) is 0.304. The number of nitrogens with zero attached hydrogens (tertiary/aromatic N) is 1. The first-order valence-corrected chi connectivity index (χ1v) is 12.6. The summed E-state index contributed by atoms with van der Waals surface area (Å²) in [7, 11) is -4.94. The topological polar surface area (TPSA) is 83.6 Å². The first-order chi connectivity index (χ1) is 16.1. The highest BCUT2D eigenvalue weighted by molar-refractivity contribution is 7.89. The summed E-state index contributed by atoms with van der Waals surface area (Å²) in [6.45, 7) is 3.36. The number of alkyl halides is 3. The monoisotopic (exact) mass is 546 g/mol. The maximum atomic E-state index is 14.9. The van der Waals surface area contributed by atoms with Gasteiger partial charge in [0.05, 0.1) is 16.2 Å². The van der Waals surface area contributed by atoms with Gasteiger partial charge in [-0.1, -0.05) is 43.1 Å². The Balaban J connectivity index is 1.99. The van der Waals surface area contributed by atoms with Crippen molar-refractivity contribution >= 4 is 50.6 Å². The molecule has 4 rings (SSSR count). The second-order valence-electron chi connectivity index (χ2n) is 9.19. The van der Waals surface area contributed by atoms with Crippen molar-refractivity contribution < 1.29 is 31.2 Å². The summed E-state index contributed by atoms with van der Waals surface area (Å²) in [5.41, 5.74) is -5.75. The molecule has 0 bridgehead atoms. The lowest BCUT2D eigenvalue weighted by Gasteiger charge is -2.35. The largest absolute Gasteiger partial charge is 0.421 e. The van der Waals surface area contributed by atoms with Crippen LogP contribution in [0.15, 0.2) is 64.7 Å². The molecule has 1 unspecified atom stereocenters. The number of hydrogen-bond donors (Lipinski definition) is 1. The summed E-state index contributed by atoms with van der Waals surface area (Å²) in [5, 5.41) is 0.304. The van der Waals surface area contributed by atoms with Crippen LogP contribution in [0, 0.1) is 5.41 Å². The predicted octanol–water partition coefficient (Wildman–Crippen LogP) is 5.26. The summed E-state index contributed by atoms with van der Waals surface area (Å²) >= 11 is 11.8. The smallest absolute Gasteiger partial charge is 0.294 e. The minimum absolute atomic E-state index is 0.0164. The third kappa shape index (κ3) is 4.26. The molecule has 2 aromatic carbocycles. The van der Waals surface area contributed by atoms with E-state index in [1.165, 1.54) is 36.4 Å². The second kappa shape index (κ2) is 8.33. The SMILES string of the molecule is CC1(C)CC(=O)C2=C(C1)N(c1cccc(Cl)c1)C(=O)C2(NS(=O)(=O)c1ccc(Cl)cc1)C(F)(F)F. The molecular formula is C23H19Cl2F3N2O4S. The number of hydrogen-bond acceptors (Lipinski definition) is 4. The molecule has 12 heteroatoms. The zero-order valence-electron chi connectivity index (χ0n) is 18.4. The molecule has 0 fully saturated rings. The number of allylic oxidation sites excluding steroid dienone is 1. The van der Waals surface area contributed by atoms with E-state index in [1.807, 2.05) is 0 Å². The van der Waals surface area contributed by atoms with Gasteiger partial charge in [0.2, 0.25) is 15.6 Å². The molecule has 1 amide bonds. The Labute approximate surface area is 209 Å². The molecule has 2 aliphatic rings. The number of sulfonamides is 1. The van der Waals surface area contributed by atoms with Gasteiger partial charge in [0, 0.05) is 22.2 Å². The predicted molar refractivity (Wildman–Crippen MR) is 125 cm³/mol. The van der Waals surface area contributed by atoms with Crippen molar-refractivity contribution in [2.24, 2.45) is 5.41 Å². The van der Waals surface area contributed by atoms with Gasteiger partial charge in [-0.05, 0) is 54.3 Å². The number of rotatable bonds is 4.